The molecule has 2 aromatic heterocycles. The second kappa shape index (κ2) is 4.85. The van der Waals surface area contributed by atoms with E-state index in [4.69, 9.17) is 5.11 Å². The minimum absolute atomic E-state index is 0.267. The van der Waals surface area contributed by atoms with Gasteiger partial charge in [0.2, 0.25) is 0 Å². The van der Waals surface area contributed by atoms with Crippen molar-refractivity contribution >= 4 is 27.4 Å². The van der Waals surface area contributed by atoms with Crippen molar-refractivity contribution in [2.75, 3.05) is 24.6 Å². The molecule has 0 bridgehead atoms. The van der Waals surface area contributed by atoms with E-state index in [1.165, 1.54) is 0 Å². The molecule has 0 amide bonds. The number of anilines is 1. The minimum Gasteiger partial charge on any atom is -0.396 e. The van der Waals surface area contributed by atoms with E-state index in [1.54, 1.807) is 6.20 Å². The van der Waals surface area contributed by atoms with Crippen LogP contribution in [0.4, 0.5) is 5.82 Å². The number of rotatable bonds is 3. The Morgan fingerprint density at radius 2 is 2.39 bits per heavy atom. The number of fused-ring (bicyclic) bond motifs is 1. The van der Waals surface area contributed by atoms with Crippen LogP contribution in [0.5, 0.6) is 0 Å². The Morgan fingerprint density at radius 1 is 1.50 bits per heavy atom. The van der Waals surface area contributed by atoms with Crippen molar-refractivity contribution in [3.63, 3.8) is 0 Å². The highest BCUT2D eigenvalue weighted by Crippen LogP contribution is 2.27. The average molecular weight is 311 g/mol. The van der Waals surface area contributed by atoms with Crippen LogP contribution in [0.1, 0.15) is 12.8 Å². The Hall–Kier alpha value is -1.14. The number of aliphatic hydroxyl groups excluding tert-OH is 1. The molecule has 1 aliphatic heterocycles. The van der Waals surface area contributed by atoms with Crippen molar-refractivity contribution in [1.29, 1.82) is 0 Å². The summed E-state index contributed by atoms with van der Waals surface area (Å²) in [4.78, 5) is 11.2. The summed E-state index contributed by atoms with van der Waals surface area (Å²) < 4.78 is 2.79. The molecule has 0 aliphatic carbocycles. The van der Waals surface area contributed by atoms with Gasteiger partial charge < -0.3 is 14.4 Å². The molecule has 1 fully saturated rings. The lowest BCUT2D eigenvalue weighted by Crippen LogP contribution is -2.22. The number of aliphatic hydroxyl groups is 1. The van der Waals surface area contributed by atoms with Crippen molar-refractivity contribution in [3.05, 3.63) is 23.2 Å². The SMILES string of the molecule is OCCC1CCN(c2nc(Br)cn3ccnc23)C1. The number of hydrogen-bond donors (Lipinski definition) is 1. The van der Waals surface area contributed by atoms with E-state index in [0.29, 0.717) is 5.92 Å². The number of nitrogens with zero attached hydrogens (tertiary/aromatic N) is 4. The van der Waals surface area contributed by atoms with Crippen molar-refractivity contribution in [2.45, 2.75) is 12.8 Å². The van der Waals surface area contributed by atoms with Gasteiger partial charge in [-0.3, -0.25) is 0 Å². The molecule has 6 heteroatoms. The predicted octanol–water partition coefficient (Wildman–Crippen LogP) is 1.70. The fourth-order valence-electron chi connectivity index (χ4n) is 2.54. The smallest absolute Gasteiger partial charge is 0.180 e. The molecule has 0 saturated carbocycles. The summed E-state index contributed by atoms with van der Waals surface area (Å²) in [7, 11) is 0. The average Bonchev–Trinajstić information content (AvgIpc) is 2.96. The number of hydrogen-bond acceptors (Lipinski definition) is 4. The van der Waals surface area contributed by atoms with Gasteiger partial charge in [0.25, 0.3) is 0 Å². The molecular weight excluding hydrogens is 296 g/mol. The van der Waals surface area contributed by atoms with Crippen LogP contribution in [0.15, 0.2) is 23.2 Å². The highest BCUT2D eigenvalue weighted by atomic mass is 79.9. The van der Waals surface area contributed by atoms with E-state index >= 15 is 0 Å². The maximum atomic E-state index is 9.01. The first-order chi connectivity index (χ1) is 8.78. The molecule has 18 heavy (non-hydrogen) atoms. The molecule has 1 aliphatic rings. The zero-order valence-electron chi connectivity index (χ0n) is 9.96. The molecule has 2 aromatic rings. The van der Waals surface area contributed by atoms with Crippen LogP contribution in [0, 0.1) is 5.92 Å². The quantitative estimate of drug-likeness (QED) is 0.937. The Labute approximate surface area is 114 Å². The largest absolute Gasteiger partial charge is 0.396 e. The van der Waals surface area contributed by atoms with E-state index in [9.17, 15) is 0 Å². The van der Waals surface area contributed by atoms with E-state index in [1.807, 2.05) is 16.8 Å². The van der Waals surface area contributed by atoms with Crippen molar-refractivity contribution in [2.24, 2.45) is 5.92 Å². The van der Waals surface area contributed by atoms with Crippen LogP contribution in [0.25, 0.3) is 5.65 Å². The Bertz CT molecular complexity index is 556. The van der Waals surface area contributed by atoms with Gasteiger partial charge in [0.15, 0.2) is 11.5 Å². The third-order valence-electron chi connectivity index (χ3n) is 3.45. The summed E-state index contributed by atoms with van der Waals surface area (Å²) in [5.74, 6) is 1.49. The Kier molecular flexibility index (Phi) is 3.22. The molecular formula is C12H15BrN4O. The Balaban J connectivity index is 1.92. The summed E-state index contributed by atoms with van der Waals surface area (Å²) in [6.45, 7) is 2.20. The van der Waals surface area contributed by atoms with Gasteiger partial charge in [0.1, 0.15) is 4.60 Å². The fraction of sp³-hybridized carbons (Fsp3) is 0.500. The van der Waals surface area contributed by atoms with Crippen LogP contribution in [0.2, 0.25) is 0 Å². The monoisotopic (exact) mass is 310 g/mol. The lowest BCUT2D eigenvalue weighted by molar-refractivity contribution is 0.263. The van der Waals surface area contributed by atoms with Gasteiger partial charge in [-0.25, -0.2) is 9.97 Å². The van der Waals surface area contributed by atoms with Crippen LogP contribution in [-0.2, 0) is 0 Å². The molecule has 1 N–H and O–H groups in total. The van der Waals surface area contributed by atoms with Crippen molar-refractivity contribution in [3.8, 4) is 0 Å². The highest BCUT2D eigenvalue weighted by molar-refractivity contribution is 9.10. The lowest BCUT2D eigenvalue weighted by Gasteiger charge is -2.18. The first kappa shape index (κ1) is 11.9. The van der Waals surface area contributed by atoms with Crippen LogP contribution in [-0.4, -0.2) is 39.2 Å². The zero-order valence-corrected chi connectivity index (χ0v) is 11.5. The van der Waals surface area contributed by atoms with Gasteiger partial charge in [-0.1, -0.05) is 0 Å². The molecule has 0 spiro atoms. The fourth-order valence-corrected chi connectivity index (χ4v) is 2.93. The molecule has 1 unspecified atom stereocenters. The minimum atomic E-state index is 0.267. The van der Waals surface area contributed by atoms with Gasteiger partial charge in [0.05, 0.1) is 0 Å². The molecule has 0 aromatic carbocycles. The molecule has 1 saturated heterocycles. The predicted molar refractivity (Wildman–Crippen MR) is 72.7 cm³/mol. The van der Waals surface area contributed by atoms with Gasteiger partial charge in [-0.2, -0.15) is 0 Å². The highest BCUT2D eigenvalue weighted by Gasteiger charge is 2.25. The summed E-state index contributed by atoms with van der Waals surface area (Å²) in [5, 5.41) is 9.01. The molecule has 96 valence electrons. The number of halogens is 1. The third kappa shape index (κ3) is 2.10. The first-order valence-electron chi connectivity index (χ1n) is 6.13. The second-order valence-corrected chi connectivity index (χ2v) is 5.47. The molecule has 5 nitrogen and oxygen atoms in total. The van der Waals surface area contributed by atoms with Gasteiger partial charge >= 0.3 is 0 Å². The summed E-state index contributed by atoms with van der Waals surface area (Å²) >= 11 is 3.43. The molecule has 1 atom stereocenters. The zero-order chi connectivity index (χ0) is 12.5. The standard InChI is InChI=1S/C12H15BrN4O/c13-10-8-17-5-3-14-11(17)12(15-10)16-4-1-9(7-16)2-6-18/h3,5,8-9,18H,1-2,4,6-7H2. The number of aromatic nitrogens is 3. The van der Waals surface area contributed by atoms with E-state index in [0.717, 1.165) is 42.0 Å². The molecule has 3 rings (SSSR count). The van der Waals surface area contributed by atoms with Gasteiger partial charge in [-0.15, -0.1) is 0 Å². The number of imidazole rings is 1. The maximum Gasteiger partial charge on any atom is 0.180 e. The molecule has 0 radical (unpaired) electrons. The summed E-state index contributed by atoms with van der Waals surface area (Å²) in [6, 6.07) is 0. The van der Waals surface area contributed by atoms with E-state index in [-0.39, 0.29) is 6.61 Å². The first-order valence-corrected chi connectivity index (χ1v) is 6.92. The second-order valence-electron chi connectivity index (χ2n) is 4.66. The van der Waals surface area contributed by atoms with Gasteiger partial charge in [-0.05, 0) is 34.7 Å². The molecule has 3 heterocycles. The topological polar surface area (TPSA) is 53.7 Å². The van der Waals surface area contributed by atoms with Crippen molar-refractivity contribution in [1.82, 2.24) is 14.4 Å². The summed E-state index contributed by atoms with van der Waals surface area (Å²) in [6.07, 6.45) is 7.60. The van der Waals surface area contributed by atoms with Gasteiger partial charge in [0, 0.05) is 38.3 Å². The Morgan fingerprint density at radius 3 is 3.22 bits per heavy atom. The van der Waals surface area contributed by atoms with Crippen LogP contribution >= 0.6 is 15.9 Å². The maximum absolute atomic E-state index is 9.01. The lowest BCUT2D eigenvalue weighted by atomic mass is 10.1. The van der Waals surface area contributed by atoms with Crippen LogP contribution < -0.4 is 4.90 Å². The summed E-state index contributed by atoms with van der Waals surface area (Å²) in [5.41, 5.74) is 0.892. The van der Waals surface area contributed by atoms with Crippen LogP contribution in [0.3, 0.4) is 0 Å². The normalized spacial score (nSPS) is 19.9. The third-order valence-corrected chi connectivity index (χ3v) is 3.83. The van der Waals surface area contributed by atoms with E-state index in [2.05, 4.69) is 30.8 Å². The van der Waals surface area contributed by atoms with E-state index < -0.39 is 0 Å². The van der Waals surface area contributed by atoms with Crippen molar-refractivity contribution < 1.29 is 5.11 Å².